The first-order chi connectivity index (χ1) is 11.3. The molecule has 4 heterocycles. The SMILES string of the molecule is C=CCOC1CCN(c2nn3cc(-c4cccnc4)nc3s2)C1. The number of fused-ring (bicyclic) bond motifs is 1. The summed E-state index contributed by atoms with van der Waals surface area (Å²) in [5.74, 6) is 0. The van der Waals surface area contributed by atoms with Gasteiger partial charge in [0.15, 0.2) is 0 Å². The van der Waals surface area contributed by atoms with E-state index in [0.717, 1.165) is 40.9 Å². The maximum Gasteiger partial charge on any atom is 0.214 e. The molecule has 23 heavy (non-hydrogen) atoms. The standard InChI is InChI=1S/C16H17N5OS/c1-2-8-22-13-5-7-20(10-13)16-19-21-11-14(18-15(21)23-16)12-4-3-6-17-9-12/h2-4,6,9,11,13H,1,5,7-8,10H2. The Bertz CT molecular complexity index is 781. The second-order valence-corrected chi connectivity index (χ2v) is 6.39. The first kappa shape index (κ1) is 14.3. The summed E-state index contributed by atoms with van der Waals surface area (Å²) < 4.78 is 7.57. The lowest BCUT2D eigenvalue weighted by Gasteiger charge is -2.14. The molecule has 1 aliphatic heterocycles. The molecule has 3 aromatic heterocycles. The van der Waals surface area contributed by atoms with Crippen LogP contribution >= 0.6 is 11.3 Å². The zero-order chi connectivity index (χ0) is 15.6. The molecule has 3 aromatic rings. The zero-order valence-electron chi connectivity index (χ0n) is 12.6. The van der Waals surface area contributed by atoms with E-state index in [4.69, 9.17) is 4.74 Å². The number of hydrogen-bond acceptors (Lipinski definition) is 6. The largest absolute Gasteiger partial charge is 0.372 e. The Morgan fingerprint density at radius 1 is 1.48 bits per heavy atom. The van der Waals surface area contributed by atoms with E-state index in [1.807, 2.05) is 29.0 Å². The molecule has 0 saturated carbocycles. The number of ether oxygens (including phenoxy) is 1. The Kier molecular flexibility index (Phi) is 3.80. The van der Waals surface area contributed by atoms with Crippen molar-refractivity contribution in [3.63, 3.8) is 0 Å². The van der Waals surface area contributed by atoms with Crippen LogP contribution in [0.5, 0.6) is 0 Å². The first-order valence-electron chi connectivity index (χ1n) is 7.57. The van der Waals surface area contributed by atoms with Gasteiger partial charge in [0.1, 0.15) is 0 Å². The van der Waals surface area contributed by atoms with Crippen molar-refractivity contribution < 1.29 is 4.74 Å². The fourth-order valence-electron chi connectivity index (χ4n) is 2.71. The Labute approximate surface area is 138 Å². The Hall–Kier alpha value is -2.25. The van der Waals surface area contributed by atoms with Gasteiger partial charge >= 0.3 is 0 Å². The summed E-state index contributed by atoms with van der Waals surface area (Å²) in [7, 11) is 0. The van der Waals surface area contributed by atoms with Gasteiger partial charge < -0.3 is 9.64 Å². The van der Waals surface area contributed by atoms with Crippen molar-refractivity contribution in [2.24, 2.45) is 0 Å². The van der Waals surface area contributed by atoms with Crippen molar-refractivity contribution in [3.8, 4) is 11.3 Å². The maximum absolute atomic E-state index is 5.72. The van der Waals surface area contributed by atoms with Crippen LogP contribution in [-0.4, -0.2) is 45.4 Å². The second kappa shape index (κ2) is 6.10. The Balaban J connectivity index is 1.52. The monoisotopic (exact) mass is 327 g/mol. The molecule has 1 aliphatic rings. The highest BCUT2D eigenvalue weighted by atomic mass is 32.1. The van der Waals surface area contributed by atoms with Crippen molar-refractivity contribution in [3.05, 3.63) is 43.4 Å². The summed E-state index contributed by atoms with van der Waals surface area (Å²) in [5.41, 5.74) is 1.91. The topological polar surface area (TPSA) is 55.5 Å². The summed E-state index contributed by atoms with van der Waals surface area (Å²) in [6.45, 7) is 6.14. The quantitative estimate of drug-likeness (QED) is 0.674. The third kappa shape index (κ3) is 2.85. The van der Waals surface area contributed by atoms with Crippen LogP contribution in [-0.2, 0) is 4.74 Å². The molecule has 118 valence electrons. The number of imidazole rings is 1. The van der Waals surface area contributed by atoms with Gasteiger partial charge in [0.05, 0.1) is 24.6 Å². The van der Waals surface area contributed by atoms with Crippen molar-refractivity contribution >= 4 is 21.4 Å². The van der Waals surface area contributed by atoms with E-state index in [1.54, 1.807) is 23.6 Å². The van der Waals surface area contributed by atoms with Gasteiger partial charge in [0, 0.05) is 31.0 Å². The molecule has 0 spiro atoms. The summed E-state index contributed by atoms with van der Waals surface area (Å²) in [5, 5.41) is 5.65. The van der Waals surface area contributed by atoms with E-state index in [-0.39, 0.29) is 6.10 Å². The molecule has 0 bridgehead atoms. The van der Waals surface area contributed by atoms with E-state index in [0.29, 0.717) is 6.61 Å². The Morgan fingerprint density at radius 2 is 2.43 bits per heavy atom. The minimum Gasteiger partial charge on any atom is -0.372 e. The van der Waals surface area contributed by atoms with Crippen molar-refractivity contribution in [2.75, 3.05) is 24.6 Å². The Morgan fingerprint density at radius 3 is 3.22 bits per heavy atom. The molecule has 1 saturated heterocycles. The molecule has 7 heteroatoms. The highest BCUT2D eigenvalue weighted by Gasteiger charge is 2.25. The lowest BCUT2D eigenvalue weighted by Crippen LogP contribution is -2.22. The minimum absolute atomic E-state index is 0.259. The van der Waals surface area contributed by atoms with Gasteiger partial charge in [-0.1, -0.05) is 17.4 Å². The number of hydrogen-bond donors (Lipinski definition) is 0. The molecule has 1 fully saturated rings. The van der Waals surface area contributed by atoms with Crippen molar-refractivity contribution in [2.45, 2.75) is 12.5 Å². The molecule has 4 rings (SSSR count). The highest BCUT2D eigenvalue weighted by molar-refractivity contribution is 7.20. The molecule has 1 atom stereocenters. The molecular weight excluding hydrogens is 310 g/mol. The van der Waals surface area contributed by atoms with Crippen molar-refractivity contribution in [1.29, 1.82) is 0 Å². The van der Waals surface area contributed by atoms with Crippen LogP contribution in [0.3, 0.4) is 0 Å². The summed E-state index contributed by atoms with van der Waals surface area (Å²) >= 11 is 1.61. The number of nitrogens with zero attached hydrogens (tertiary/aromatic N) is 5. The average Bonchev–Trinajstić information content (AvgIpc) is 3.27. The van der Waals surface area contributed by atoms with Gasteiger partial charge in [-0.2, -0.15) is 0 Å². The van der Waals surface area contributed by atoms with Crippen LogP contribution in [0.2, 0.25) is 0 Å². The molecule has 0 radical (unpaired) electrons. The highest BCUT2D eigenvalue weighted by Crippen LogP contribution is 2.29. The molecular formula is C16H17N5OS. The smallest absolute Gasteiger partial charge is 0.214 e. The van der Waals surface area contributed by atoms with Gasteiger partial charge in [-0.15, -0.1) is 11.7 Å². The second-order valence-electron chi connectivity index (χ2n) is 5.46. The third-order valence-corrected chi connectivity index (χ3v) is 4.84. The van der Waals surface area contributed by atoms with E-state index in [9.17, 15) is 0 Å². The third-order valence-electron chi connectivity index (χ3n) is 3.86. The average molecular weight is 327 g/mol. The van der Waals surface area contributed by atoms with Crippen LogP contribution in [0, 0.1) is 0 Å². The van der Waals surface area contributed by atoms with Crippen LogP contribution in [0.4, 0.5) is 5.13 Å². The summed E-state index contributed by atoms with van der Waals surface area (Å²) in [6, 6.07) is 3.91. The number of pyridine rings is 1. The number of rotatable bonds is 5. The van der Waals surface area contributed by atoms with Gasteiger partial charge in [0.25, 0.3) is 0 Å². The van der Waals surface area contributed by atoms with Crippen LogP contribution in [0.15, 0.2) is 43.4 Å². The van der Waals surface area contributed by atoms with E-state index in [1.165, 1.54) is 0 Å². The molecule has 6 nitrogen and oxygen atoms in total. The predicted molar refractivity (Wildman–Crippen MR) is 90.9 cm³/mol. The van der Waals surface area contributed by atoms with Crippen LogP contribution in [0.25, 0.3) is 16.2 Å². The van der Waals surface area contributed by atoms with E-state index >= 15 is 0 Å². The number of aromatic nitrogens is 4. The van der Waals surface area contributed by atoms with Crippen molar-refractivity contribution in [1.82, 2.24) is 19.6 Å². The van der Waals surface area contributed by atoms with Gasteiger partial charge in [-0.3, -0.25) is 4.98 Å². The zero-order valence-corrected chi connectivity index (χ0v) is 13.4. The van der Waals surface area contributed by atoms with E-state index in [2.05, 4.69) is 26.5 Å². The van der Waals surface area contributed by atoms with Gasteiger partial charge in [-0.25, -0.2) is 9.50 Å². The van der Waals surface area contributed by atoms with Gasteiger partial charge in [0.2, 0.25) is 10.1 Å². The molecule has 0 aromatic carbocycles. The lowest BCUT2D eigenvalue weighted by atomic mass is 10.2. The maximum atomic E-state index is 5.72. The normalized spacial score (nSPS) is 17.9. The summed E-state index contributed by atoms with van der Waals surface area (Å²) in [6.07, 6.45) is 8.60. The van der Waals surface area contributed by atoms with E-state index < -0.39 is 0 Å². The first-order valence-corrected chi connectivity index (χ1v) is 8.39. The molecule has 0 amide bonds. The van der Waals surface area contributed by atoms with Crippen LogP contribution in [0.1, 0.15) is 6.42 Å². The predicted octanol–water partition coefficient (Wildman–Crippen LogP) is 2.63. The summed E-state index contributed by atoms with van der Waals surface area (Å²) in [4.78, 5) is 11.9. The minimum atomic E-state index is 0.259. The molecule has 0 N–H and O–H groups in total. The van der Waals surface area contributed by atoms with Crippen LogP contribution < -0.4 is 4.90 Å². The fourth-order valence-corrected chi connectivity index (χ4v) is 3.63. The number of anilines is 1. The molecule has 0 aliphatic carbocycles. The lowest BCUT2D eigenvalue weighted by molar-refractivity contribution is 0.0909. The molecule has 1 unspecified atom stereocenters. The fraction of sp³-hybridized carbons (Fsp3) is 0.312. The van der Waals surface area contributed by atoms with Gasteiger partial charge in [-0.05, 0) is 18.6 Å².